The molecule has 3 aromatic carbocycles. The fraction of sp³-hybridized carbons (Fsp3) is 0.310. The first kappa shape index (κ1) is 31.4. The maximum absolute atomic E-state index is 14.0. The molecular weight excluding hydrogens is 576 g/mol. The molecule has 1 atom stereocenters. The minimum atomic E-state index is -4.26. The molecule has 3 rings (SSSR count). The highest BCUT2D eigenvalue weighted by atomic mass is 35.5. The van der Waals surface area contributed by atoms with Crippen LogP contribution in [0.1, 0.15) is 39.7 Å². The van der Waals surface area contributed by atoms with E-state index in [9.17, 15) is 22.4 Å². The van der Waals surface area contributed by atoms with E-state index in [1.165, 1.54) is 65.6 Å². The standard InChI is InChI=1S/C29H32Cl2FN3O4S/c1-5-26(28(37)33-29(2,3)4)34(18-20-9-13-23(32)14-10-20)27(36)19-35(24-8-6-7-22(31)17-24)40(38,39)25-15-11-21(30)12-16-25/h6-17,26H,5,18-19H2,1-4H3,(H,33,37). The van der Waals surface area contributed by atoms with Gasteiger partial charge in [0.15, 0.2) is 0 Å². The number of anilines is 1. The summed E-state index contributed by atoms with van der Waals surface area (Å²) in [6, 6.07) is 16.4. The summed E-state index contributed by atoms with van der Waals surface area (Å²) in [5.41, 5.74) is 0.177. The minimum Gasteiger partial charge on any atom is -0.350 e. The van der Waals surface area contributed by atoms with E-state index in [-0.39, 0.29) is 34.5 Å². The van der Waals surface area contributed by atoms with Crippen LogP contribution in [0.4, 0.5) is 10.1 Å². The Hall–Kier alpha value is -3.14. The third-order valence-electron chi connectivity index (χ3n) is 5.93. The number of sulfonamides is 1. The van der Waals surface area contributed by atoms with Gasteiger partial charge in [0.25, 0.3) is 10.0 Å². The molecule has 0 aliphatic carbocycles. The van der Waals surface area contributed by atoms with Crippen LogP contribution in [0.25, 0.3) is 0 Å². The third-order valence-corrected chi connectivity index (χ3v) is 8.20. The molecular formula is C29H32Cl2FN3O4S. The van der Waals surface area contributed by atoms with Crippen molar-refractivity contribution in [2.45, 2.75) is 57.1 Å². The van der Waals surface area contributed by atoms with Crippen molar-refractivity contribution in [1.29, 1.82) is 0 Å². The number of nitrogens with one attached hydrogen (secondary N) is 1. The highest BCUT2D eigenvalue weighted by molar-refractivity contribution is 7.92. The van der Waals surface area contributed by atoms with Crippen LogP contribution in [-0.4, -0.2) is 43.3 Å². The maximum Gasteiger partial charge on any atom is 0.264 e. The van der Waals surface area contributed by atoms with Crippen molar-refractivity contribution in [2.75, 3.05) is 10.8 Å². The van der Waals surface area contributed by atoms with Gasteiger partial charge < -0.3 is 10.2 Å². The molecule has 0 aliphatic rings. The van der Waals surface area contributed by atoms with Crippen LogP contribution < -0.4 is 9.62 Å². The topological polar surface area (TPSA) is 86.8 Å². The Labute approximate surface area is 244 Å². The maximum atomic E-state index is 14.0. The van der Waals surface area contributed by atoms with Gasteiger partial charge in [0.2, 0.25) is 11.8 Å². The first-order chi connectivity index (χ1) is 18.7. The van der Waals surface area contributed by atoms with Gasteiger partial charge in [-0.25, -0.2) is 12.8 Å². The lowest BCUT2D eigenvalue weighted by molar-refractivity contribution is -0.141. The number of halogens is 3. The molecule has 214 valence electrons. The number of carbonyl (C=O) groups is 2. The zero-order valence-electron chi connectivity index (χ0n) is 22.7. The summed E-state index contributed by atoms with van der Waals surface area (Å²) in [5.74, 6) is -1.46. The summed E-state index contributed by atoms with van der Waals surface area (Å²) < 4.78 is 42.2. The molecule has 1 unspecified atom stereocenters. The largest absolute Gasteiger partial charge is 0.350 e. The Bertz CT molecular complexity index is 1440. The molecule has 1 N–H and O–H groups in total. The van der Waals surface area contributed by atoms with E-state index in [2.05, 4.69) is 5.32 Å². The Kier molecular flexibility index (Phi) is 10.2. The average molecular weight is 609 g/mol. The van der Waals surface area contributed by atoms with Crippen molar-refractivity contribution >= 4 is 50.7 Å². The molecule has 3 aromatic rings. The van der Waals surface area contributed by atoms with Gasteiger partial charge in [-0.05, 0) is 87.4 Å². The molecule has 11 heteroatoms. The van der Waals surface area contributed by atoms with Crippen molar-refractivity contribution in [1.82, 2.24) is 10.2 Å². The van der Waals surface area contributed by atoms with Crippen LogP contribution >= 0.6 is 23.2 Å². The molecule has 0 saturated heterocycles. The van der Waals surface area contributed by atoms with E-state index >= 15 is 0 Å². The third kappa shape index (κ3) is 8.19. The van der Waals surface area contributed by atoms with Crippen molar-refractivity contribution in [2.24, 2.45) is 0 Å². The van der Waals surface area contributed by atoms with Crippen LogP contribution in [-0.2, 0) is 26.2 Å². The fourth-order valence-electron chi connectivity index (χ4n) is 4.05. The first-order valence-electron chi connectivity index (χ1n) is 12.6. The zero-order valence-corrected chi connectivity index (χ0v) is 25.0. The summed E-state index contributed by atoms with van der Waals surface area (Å²) in [6.45, 7) is 6.57. The van der Waals surface area contributed by atoms with Crippen LogP contribution in [0.2, 0.25) is 10.0 Å². The summed E-state index contributed by atoms with van der Waals surface area (Å²) in [5, 5.41) is 3.53. The second-order valence-electron chi connectivity index (χ2n) is 10.3. The van der Waals surface area contributed by atoms with Gasteiger partial charge in [-0.1, -0.05) is 48.3 Å². The Morgan fingerprint density at radius 1 is 0.950 bits per heavy atom. The van der Waals surface area contributed by atoms with Gasteiger partial charge in [0.1, 0.15) is 18.4 Å². The normalized spacial score (nSPS) is 12.5. The number of hydrogen-bond acceptors (Lipinski definition) is 4. The van der Waals surface area contributed by atoms with Gasteiger partial charge in [-0.3, -0.25) is 13.9 Å². The van der Waals surface area contributed by atoms with E-state index in [0.29, 0.717) is 10.6 Å². The lowest BCUT2D eigenvalue weighted by Crippen LogP contribution is -2.55. The summed E-state index contributed by atoms with van der Waals surface area (Å²) in [6.07, 6.45) is 0.260. The van der Waals surface area contributed by atoms with Gasteiger partial charge >= 0.3 is 0 Å². The molecule has 0 fully saturated rings. The smallest absolute Gasteiger partial charge is 0.264 e. The van der Waals surface area contributed by atoms with Crippen molar-refractivity contribution < 1.29 is 22.4 Å². The molecule has 0 saturated carbocycles. The van der Waals surface area contributed by atoms with E-state index in [1.807, 2.05) is 20.8 Å². The first-order valence-corrected chi connectivity index (χ1v) is 14.8. The number of hydrogen-bond donors (Lipinski definition) is 1. The predicted octanol–water partition coefficient (Wildman–Crippen LogP) is 6.05. The highest BCUT2D eigenvalue weighted by Gasteiger charge is 2.34. The molecule has 0 aliphatic heterocycles. The van der Waals surface area contributed by atoms with Crippen molar-refractivity contribution in [3.05, 3.63) is 94.2 Å². The number of rotatable bonds is 10. The predicted molar refractivity (Wildman–Crippen MR) is 156 cm³/mol. The summed E-state index contributed by atoms with van der Waals surface area (Å²) >= 11 is 12.2. The number of carbonyl (C=O) groups excluding carboxylic acids is 2. The SMILES string of the molecule is CCC(C(=O)NC(C)(C)C)N(Cc1ccc(F)cc1)C(=O)CN(c1cccc(Cl)c1)S(=O)(=O)c1ccc(Cl)cc1. The summed E-state index contributed by atoms with van der Waals surface area (Å²) in [7, 11) is -4.26. The molecule has 0 aromatic heterocycles. The highest BCUT2D eigenvalue weighted by Crippen LogP contribution is 2.28. The molecule has 0 radical (unpaired) electrons. The van der Waals surface area contributed by atoms with Crippen LogP contribution in [0.15, 0.2) is 77.7 Å². The Morgan fingerprint density at radius 2 is 1.57 bits per heavy atom. The van der Waals surface area contributed by atoms with Crippen molar-refractivity contribution in [3.63, 3.8) is 0 Å². The molecule has 40 heavy (non-hydrogen) atoms. The Morgan fingerprint density at radius 3 is 2.12 bits per heavy atom. The minimum absolute atomic E-state index is 0.0421. The van der Waals surface area contributed by atoms with Crippen molar-refractivity contribution in [3.8, 4) is 0 Å². The summed E-state index contributed by atoms with van der Waals surface area (Å²) in [4.78, 5) is 28.5. The molecule has 2 amide bonds. The number of benzene rings is 3. The fourth-order valence-corrected chi connectivity index (χ4v) is 5.77. The van der Waals surface area contributed by atoms with Crippen LogP contribution in [0, 0.1) is 5.82 Å². The second-order valence-corrected chi connectivity index (χ2v) is 13.0. The van der Waals surface area contributed by atoms with Crippen LogP contribution in [0.5, 0.6) is 0 Å². The van der Waals surface area contributed by atoms with E-state index < -0.39 is 39.9 Å². The lowest BCUT2D eigenvalue weighted by atomic mass is 10.1. The van der Waals surface area contributed by atoms with Gasteiger partial charge in [-0.2, -0.15) is 0 Å². The number of amides is 2. The number of nitrogens with zero attached hydrogens (tertiary/aromatic N) is 2. The molecule has 7 nitrogen and oxygen atoms in total. The average Bonchev–Trinajstić information content (AvgIpc) is 2.87. The van der Waals surface area contributed by atoms with E-state index in [1.54, 1.807) is 19.1 Å². The van der Waals surface area contributed by atoms with Gasteiger partial charge in [-0.15, -0.1) is 0 Å². The molecule has 0 bridgehead atoms. The molecule has 0 spiro atoms. The van der Waals surface area contributed by atoms with Gasteiger partial charge in [0.05, 0.1) is 10.6 Å². The Balaban J connectivity index is 2.07. The van der Waals surface area contributed by atoms with Gasteiger partial charge in [0, 0.05) is 22.1 Å². The zero-order chi connectivity index (χ0) is 29.7. The van der Waals surface area contributed by atoms with Crippen LogP contribution in [0.3, 0.4) is 0 Å². The van der Waals surface area contributed by atoms with E-state index in [4.69, 9.17) is 23.2 Å². The van der Waals surface area contributed by atoms with E-state index in [0.717, 1.165) is 4.31 Å². The lowest BCUT2D eigenvalue weighted by Gasteiger charge is -2.34. The quantitative estimate of drug-likeness (QED) is 0.304. The monoisotopic (exact) mass is 607 g/mol. The molecule has 0 heterocycles. The second kappa shape index (κ2) is 13.0.